The van der Waals surface area contributed by atoms with Crippen molar-refractivity contribution in [2.24, 2.45) is 11.1 Å². The molecule has 0 bridgehead atoms. The van der Waals surface area contributed by atoms with Crippen molar-refractivity contribution in [2.45, 2.75) is 38.5 Å². The standard InChI is InChI=1S/C22H25FN6O5S/c1-13-2-3-14(8-17(13)23)10-29-7-6-19(28-29)21(31)16-9-25-12-26-22(16)27-18-5-4-15(20(18)30)11-34-35(24,32)33/h2-3,6-9,12,15,18,20,30H,4-5,10-11H2,1H3,(H2,24,32,33)(H,25,26,27). The molecule has 0 aliphatic heterocycles. The molecule has 13 heteroatoms. The first kappa shape index (κ1) is 24.9. The van der Waals surface area contributed by atoms with E-state index in [0.717, 1.165) is 0 Å². The van der Waals surface area contributed by atoms with Gasteiger partial charge in [-0.1, -0.05) is 12.1 Å². The summed E-state index contributed by atoms with van der Waals surface area (Å²) in [7, 11) is -4.11. The number of carbonyl (C=O) groups is 1. The number of rotatable bonds is 9. The number of nitrogens with one attached hydrogen (secondary N) is 1. The van der Waals surface area contributed by atoms with E-state index in [9.17, 15) is 22.7 Å². The molecule has 35 heavy (non-hydrogen) atoms. The molecular formula is C22H25FN6O5S. The number of aryl methyl sites for hydroxylation is 1. The maximum Gasteiger partial charge on any atom is 0.333 e. The Morgan fingerprint density at radius 3 is 2.89 bits per heavy atom. The normalized spacial score (nSPS) is 20.2. The molecule has 1 aliphatic carbocycles. The van der Waals surface area contributed by atoms with Crippen molar-refractivity contribution in [1.29, 1.82) is 0 Å². The SMILES string of the molecule is Cc1ccc(Cn2ccc(C(=O)c3cncnc3NC3CCC(COS(N)(=O)=O)C3O)n2)cc1F. The molecule has 2 heterocycles. The zero-order valence-electron chi connectivity index (χ0n) is 18.8. The number of halogens is 1. The van der Waals surface area contributed by atoms with Crippen molar-refractivity contribution in [3.05, 3.63) is 71.2 Å². The van der Waals surface area contributed by atoms with E-state index in [0.29, 0.717) is 24.0 Å². The van der Waals surface area contributed by atoms with Gasteiger partial charge < -0.3 is 10.4 Å². The predicted molar refractivity (Wildman–Crippen MR) is 123 cm³/mol. The number of anilines is 1. The van der Waals surface area contributed by atoms with E-state index >= 15 is 0 Å². The minimum Gasteiger partial charge on any atom is -0.391 e. The van der Waals surface area contributed by atoms with Gasteiger partial charge in [0.2, 0.25) is 5.78 Å². The third kappa shape index (κ3) is 6.06. The van der Waals surface area contributed by atoms with Crippen LogP contribution in [0.5, 0.6) is 0 Å². The van der Waals surface area contributed by atoms with E-state index in [1.54, 1.807) is 31.3 Å². The summed E-state index contributed by atoms with van der Waals surface area (Å²) in [5.74, 6) is -0.967. The largest absolute Gasteiger partial charge is 0.391 e. The second-order valence-corrected chi connectivity index (χ2v) is 9.67. The molecule has 0 amide bonds. The maximum atomic E-state index is 13.8. The van der Waals surface area contributed by atoms with Crippen LogP contribution < -0.4 is 10.5 Å². The van der Waals surface area contributed by atoms with E-state index in [4.69, 9.17) is 5.14 Å². The third-order valence-electron chi connectivity index (χ3n) is 5.92. The number of aromatic nitrogens is 4. The lowest BCUT2D eigenvalue weighted by atomic mass is 10.1. The van der Waals surface area contributed by atoms with Crippen LogP contribution >= 0.6 is 0 Å². The molecule has 3 aromatic rings. The second-order valence-electron chi connectivity index (χ2n) is 8.45. The first-order valence-corrected chi connectivity index (χ1v) is 12.3. The Hall–Kier alpha value is -3.26. The van der Waals surface area contributed by atoms with Gasteiger partial charge in [0.05, 0.1) is 30.9 Å². The molecule has 0 spiro atoms. The molecule has 11 nitrogen and oxygen atoms in total. The fourth-order valence-electron chi connectivity index (χ4n) is 4.00. The molecule has 1 aromatic carbocycles. The van der Waals surface area contributed by atoms with E-state index in [1.165, 1.54) is 23.3 Å². The van der Waals surface area contributed by atoms with E-state index in [-0.39, 0.29) is 36.0 Å². The van der Waals surface area contributed by atoms with Crippen LogP contribution in [0, 0.1) is 18.7 Å². The second kappa shape index (κ2) is 10.2. The van der Waals surface area contributed by atoms with Gasteiger partial charge in [0, 0.05) is 18.3 Å². The number of aliphatic hydroxyl groups excluding tert-OH is 1. The van der Waals surface area contributed by atoms with Crippen molar-refractivity contribution < 1.29 is 26.9 Å². The van der Waals surface area contributed by atoms with Crippen LogP contribution in [-0.4, -0.2) is 57.8 Å². The molecule has 1 saturated carbocycles. The van der Waals surface area contributed by atoms with E-state index in [1.807, 2.05) is 0 Å². The smallest absolute Gasteiger partial charge is 0.333 e. The van der Waals surface area contributed by atoms with E-state index in [2.05, 4.69) is 24.6 Å². The molecular weight excluding hydrogens is 479 g/mol. The van der Waals surface area contributed by atoms with Crippen molar-refractivity contribution in [2.75, 3.05) is 11.9 Å². The Bertz CT molecular complexity index is 1330. The van der Waals surface area contributed by atoms with Gasteiger partial charge in [0.1, 0.15) is 23.7 Å². The number of aliphatic hydroxyl groups is 1. The van der Waals surface area contributed by atoms with Crippen LogP contribution in [0.4, 0.5) is 10.2 Å². The van der Waals surface area contributed by atoms with Gasteiger partial charge in [-0.2, -0.15) is 13.5 Å². The molecule has 0 saturated heterocycles. The number of nitrogens with zero attached hydrogens (tertiary/aromatic N) is 4. The first-order valence-electron chi connectivity index (χ1n) is 10.9. The van der Waals surface area contributed by atoms with Crippen molar-refractivity contribution in [1.82, 2.24) is 19.7 Å². The summed E-state index contributed by atoms with van der Waals surface area (Å²) in [6.07, 6.45) is 4.30. The minimum atomic E-state index is -4.11. The summed E-state index contributed by atoms with van der Waals surface area (Å²) in [4.78, 5) is 21.2. The Kier molecular flexibility index (Phi) is 7.21. The zero-order valence-corrected chi connectivity index (χ0v) is 19.7. The molecule has 3 unspecified atom stereocenters. The zero-order chi connectivity index (χ0) is 25.2. The number of hydrogen-bond donors (Lipinski definition) is 3. The average molecular weight is 505 g/mol. The molecule has 1 aliphatic rings. The molecule has 4 rings (SSSR count). The highest BCUT2D eigenvalue weighted by Crippen LogP contribution is 2.30. The predicted octanol–water partition coefficient (Wildman–Crippen LogP) is 1.17. The lowest BCUT2D eigenvalue weighted by Crippen LogP contribution is -2.35. The third-order valence-corrected chi connectivity index (χ3v) is 6.39. The highest BCUT2D eigenvalue weighted by molar-refractivity contribution is 7.84. The lowest BCUT2D eigenvalue weighted by molar-refractivity contribution is 0.0936. The molecule has 186 valence electrons. The van der Waals surface area contributed by atoms with Crippen LogP contribution in [0.1, 0.15) is 40.0 Å². The van der Waals surface area contributed by atoms with Crippen molar-refractivity contribution >= 4 is 21.9 Å². The Morgan fingerprint density at radius 1 is 1.34 bits per heavy atom. The van der Waals surface area contributed by atoms with Crippen LogP contribution in [0.15, 0.2) is 43.0 Å². The number of carbonyl (C=O) groups excluding carboxylic acids is 1. The molecule has 1 fully saturated rings. The number of benzene rings is 1. The summed E-state index contributed by atoms with van der Waals surface area (Å²) in [6.45, 7) is 1.73. The lowest BCUT2D eigenvalue weighted by Gasteiger charge is -2.21. The summed E-state index contributed by atoms with van der Waals surface area (Å²) in [5.41, 5.74) is 1.57. The van der Waals surface area contributed by atoms with Crippen LogP contribution in [-0.2, 0) is 21.0 Å². The maximum absolute atomic E-state index is 13.8. The molecule has 2 aromatic heterocycles. The number of nitrogens with two attached hydrogens (primary N) is 1. The molecule has 3 atom stereocenters. The highest BCUT2D eigenvalue weighted by Gasteiger charge is 2.36. The monoisotopic (exact) mass is 504 g/mol. The topological polar surface area (TPSA) is 162 Å². The van der Waals surface area contributed by atoms with Crippen molar-refractivity contribution in [3.63, 3.8) is 0 Å². The quantitative estimate of drug-likeness (QED) is 0.363. The fraction of sp³-hybridized carbons (Fsp3) is 0.364. The van der Waals surface area contributed by atoms with E-state index < -0.39 is 34.2 Å². The Labute approximate surface area is 201 Å². The summed E-state index contributed by atoms with van der Waals surface area (Å²) >= 11 is 0. The van der Waals surface area contributed by atoms with Gasteiger partial charge in [-0.25, -0.2) is 19.5 Å². The Morgan fingerprint density at radius 2 is 2.14 bits per heavy atom. The van der Waals surface area contributed by atoms with Gasteiger partial charge in [-0.3, -0.25) is 13.7 Å². The summed E-state index contributed by atoms with van der Waals surface area (Å²) < 4.78 is 42.0. The van der Waals surface area contributed by atoms with Crippen LogP contribution in [0.3, 0.4) is 0 Å². The van der Waals surface area contributed by atoms with Crippen LogP contribution in [0.2, 0.25) is 0 Å². The summed E-state index contributed by atoms with van der Waals surface area (Å²) in [5, 5.41) is 22.8. The molecule has 0 radical (unpaired) electrons. The first-order chi connectivity index (χ1) is 16.6. The van der Waals surface area contributed by atoms with Gasteiger partial charge >= 0.3 is 10.3 Å². The van der Waals surface area contributed by atoms with Gasteiger partial charge in [-0.05, 0) is 43.0 Å². The van der Waals surface area contributed by atoms with Gasteiger partial charge in [0.25, 0.3) is 0 Å². The van der Waals surface area contributed by atoms with Gasteiger partial charge in [-0.15, -0.1) is 0 Å². The highest BCUT2D eigenvalue weighted by atomic mass is 32.2. The minimum absolute atomic E-state index is 0.154. The molecule has 4 N–H and O–H groups in total. The number of hydrogen-bond acceptors (Lipinski definition) is 9. The Balaban J connectivity index is 1.45. The average Bonchev–Trinajstić information content (AvgIpc) is 3.41. The summed E-state index contributed by atoms with van der Waals surface area (Å²) in [6, 6.07) is 5.97. The van der Waals surface area contributed by atoms with Crippen LogP contribution in [0.25, 0.3) is 0 Å². The van der Waals surface area contributed by atoms with Crippen molar-refractivity contribution in [3.8, 4) is 0 Å². The number of ketones is 1. The fourth-order valence-corrected chi connectivity index (χ4v) is 4.37. The van der Waals surface area contributed by atoms with Gasteiger partial charge in [0.15, 0.2) is 0 Å².